The summed E-state index contributed by atoms with van der Waals surface area (Å²) in [4.78, 5) is 1.32. The Morgan fingerprint density at radius 3 is 2.89 bits per heavy atom. The molecule has 0 radical (unpaired) electrons. The van der Waals surface area contributed by atoms with E-state index in [-0.39, 0.29) is 0 Å². The molecular weight excluding hydrogens is 242 g/mol. The largest absolute Gasteiger partial charge is 0.381 e. The van der Waals surface area contributed by atoms with E-state index < -0.39 is 0 Å². The predicted octanol–water partition coefficient (Wildman–Crippen LogP) is 3.55. The Bertz CT molecular complexity index is 520. The normalized spacial score (nSPS) is 10.6. The van der Waals surface area contributed by atoms with Gasteiger partial charge in [-0.1, -0.05) is 6.07 Å². The third-order valence-corrected chi connectivity index (χ3v) is 3.88. The lowest BCUT2D eigenvalue weighted by atomic mass is 10.2. The molecule has 0 aliphatic heterocycles. The Morgan fingerprint density at radius 1 is 1.39 bits per heavy atom. The number of nitrogens with one attached hydrogen (secondary N) is 1. The van der Waals surface area contributed by atoms with E-state index in [1.54, 1.807) is 11.8 Å². The SMILES string of the molecule is CCn1cc(CNc2cccc(SC)c2C)cn1. The number of anilines is 1. The maximum Gasteiger partial charge on any atom is 0.0539 e. The van der Waals surface area contributed by atoms with Crippen LogP contribution >= 0.6 is 11.8 Å². The molecule has 96 valence electrons. The fraction of sp³-hybridized carbons (Fsp3) is 0.357. The molecule has 3 nitrogen and oxygen atoms in total. The van der Waals surface area contributed by atoms with Gasteiger partial charge in [-0.2, -0.15) is 5.10 Å². The summed E-state index contributed by atoms with van der Waals surface area (Å²) < 4.78 is 1.95. The van der Waals surface area contributed by atoms with E-state index in [2.05, 4.69) is 54.9 Å². The summed E-state index contributed by atoms with van der Waals surface area (Å²) >= 11 is 1.78. The molecule has 4 heteroatoms. The van der Waals surface area contributed by atoms with E-state index >= 15 is 0 Å². The maximum absolute atomic E-state index is 4.28. The lowest BCUT2D eigenvalue weighted by molar-refractivity contribution is 0.659. The third-order valence-electron chi connectivity index (χ3n) is 3.00. The first-order valence-electron chi connectivity index (χ1n) is 6.13. The number of benzene rings is 1. The zero-order chi connectivity index (χ0) is 13.0. The highest BCUT2D eigenvalue weighted by Crippen LogP contribution is 2.26. The summed E-state index contributed by atoms with van der Waals surface area (Å²) in [6.07, 6.45) is 6.11. The molecule has 0 atom stereocenters. The van der Waals surface area contributed by atoms with Gasteiger partial charge >= 0.3 is 0 Å². The second kappa shape index (κ2) is 5.96. The molecule has 1 N–H and O–H groups in total. The summed E-state index contributed by atoms with van der Waals surface area (Å²) in [6, 6.07) is 6.37. The van der Waals surface area contributed by atoms with Gasteiger partial charge in [0.2, 0.25) is 0 Å². The molecule has 0 unspecified atom stereocenters. The van der Waals surface area contributed by atoms with Crippen molar-refractivity contribution in [3.63, 3.8) is 0 Å². The smallest absolute Gasteiger partial charge is 0.0539 e. The monoisotopic (exact) mass is 261 g/mol. The fourth-order valence-corrected chi connectivity index (χ4v) is 2.53. The Labute approximate surface area is 113 Å². The van der Waals surface area contributed by atoms with Crippen molar-refractivity contribution in [1.82, 2.24) is 9.78 Å². The zero-order valence-corrected chi connectivity index (χ0v) is 11.9. The lowest BCUT2D eigenvalue weighted by Crippen LogP contribution is -2.01. The van der Waals surface area contributed by atoms with Gasteiger partial charge in [0.25, 0.3) is 0 Å². The first-order chi connectivity index (χ1) is 8.74. The maximum atomic E-state index is 4.28. The van der Waals surface area contributed by atoms with Crippen molar-refractivity contribution >= 4 is 17.4 Å². The first kappa shape index (κ1) is 13.0. The van der Waals surface area contributed by atoms with Crippen LogP contribution in [0.2, 0.25) is 0 Å². The van der Waals surface area contributed by atoms with E-state index in [4.69, 9.17) is 0 Å². The topological polar surface area (TPSA) is 29.9 Å². The van der Waals surface area contributed by atoms with Gasteiger partial charge in [0.15, 0.2) is 0 Å². The van der Waals surface area contributed by atoms with Crippen LogP contribution in [0.4, 0.5) is 5.69 Å². The van der Waals surface area contributed by atoms with Crippen molar-refractivity contribution in [2.75, 3.05) is 11.6 Å². The van der Waals surface area contributed by atoms with Crippen LogP contribution in [-0.2, 0) is 13.1 Å². The van der Waals surface area contributed by atoms with Crippen molar-refractivity contribution in [3.05, 3.63) is 41.7 Å². The molecule has 1 heterocycles. The number of aryl methyl sites for hydroxylation is 1. The fourth-order valence-electron chi connectivity index (χ4n) is 1.90. The Hall–Kier alpha value is -1.42. The van der Waals surface area contributed by atoms with Crippen LogP contribution in [-0.4, -0.2) is 16.0 Å². The van der Waals surface area contributed by atoms with Crippen molar-refractivity contribution in [3.8, 4) is 0 Å². The van der Waals surface area contributed by atoms with Crippen LogP contribution in [0, 0.1) is 6.92 Å². The number of aromatic nitrogens is 2. The molecule has 0 amide bonds. The molecule has 0 saturated heterocycles. The minimum atomic E-state index is 0.818. The third kappa shape index (κ3) is 2.88. The molecule has 0 aliphatic rings. The molecule has 0 bridgehead atoms. The molecular formula is C14H19N3S. The van der Waals surface area contributed by atoms with Crippen LogP contribution in [0.3, 0.4) is 0 Å². The summed E-state index contributed by atoms with van der Waals surface area (Å²) in [5, 5.41) is 7.75. The molecule has 1 aromatic carbocycles. The Kier molecular flexibility index (Phi) is 4.31. The number of nitrogens with zero attached hydrogens (tertiary/aromatic N) is 2. The van der Waals surface area contributed by atoms with Gasteiger partial charge in [0.05, 0.1) is 6.20 Å². The average Bonchev–Trinajstić information content (AvgIpc) is 2.85. The van der Waals surface area contributed by atoms with Gasteiger partial charge in [-0.05, 0) is 37.8 Å². The minimum absolute atomic E-state index is 0.818. The number of thioether (sulfide) groups is 1. The van der Waals surface area contributed by atoms with E-state index in [0.717, 1.165) is 13.1 Å². The first-order valence-corrected chi connectivity index (χ1v) is 7.36. The van der Waals surface area contributed by atoms with Crippen LogP contribution < -0.4 is 5.32 Å². The van der Waals surface area contributed by atoms with Gasteiger partial charge in [0.1, 0.15) is 0 Å². The second-order valence-electron chi connectivity index (χ2n) is 4.19. The molecule has 1 aromatic heterocycles. The van der Waals surface area contributed by atoms with E-state index in [0.29, 0.717) is 0 Å². The van der Waals surface area contributed by atoms with Crippen LogP contribution in [0.25, 0.3) is 0 Å². The molecule has 0 saturated carbocycles. The minimum Gasteiger partial charge on any atom is -0.381 e. The second-order valence-corrected chi connectivity index (χ2v) is 5.04. The number of hydrogen-bond acceptors (Lipinski definition) is 3. The highest BCUT2D eigenvalue weighted by Gasteiger charge is 2.03. The molecule has 2 rings (SSSR count). The average molecular weight is 261 g/mol. The summed E-state index contributed by atoms with van der Waals surface area (Å²) in [5.41, 5.74) is 3.73. The quantitative estimate of drug-likeness (QED) is 0.835. The van der Waals surface area contributed by atoms with Gasteiger partial charge < -0.3 is 5.32 Å². The highest BCUT2D eigenvalue weighted by atomic mass is 32.2. The van der Waals surface area contributed by atoms with E-state index in [1.807, 2.05) is 10.9 Å². The number of hydrogen-bond donors (Lipinski definition) is 1. The Morgan fingerprint density at radius 2 is 2.22 bits per heavy atom. The van der Waals surface area contributed by atoms with Crippen molar-refractivity contribution in [2.45, 2.75) is 31.8 Å². The highest BCUT2D eigenvalue weighted by molar-refractivity contribution is 7.98. The van der Waals surface area contributed by atoms with Crippen LogP contribution in [0.1, 0.15) is 18.1 Å². The van der Waals surface area contributed by atoms with Gasteiger partial charge in [-0.15, -0.1) is 11.8 Å². The molecule has 0 spiro atoms. The van der Waals surface area contributed by atoms with Crippen LogP contribution in [0.15, 0.2) is 35.5 Å². The van der Waals surface area contributed by atoms with Crippen molar-refractivity contribution in [1.29, 1.82) is 0 Å². The van der Waals surface area contributed by atoms with E-state index in [1.165, 1.54) is 21.7 Å². The van der Waals surface area contributed by atoms with Crippen molar-refractivity contribution in [2.24, 2.45) is 0 Å². The van der Waals surface area contributed by atoms with E-state index in [9.17, 15) is 0 Å². The van der Waals surface area contributed by atoms with Crippen LogP contribution in [0.5, 0.6) is 0 Å². The Balaban J connectivity index is 2.06. The lowest BCUT2D eigenvalue weighted by Gasteiger charge is -2.11. The van der Waals surface area contributed by atoms with Gasteiger partial charge in [0, 0.05) is 35.4 Å². The molecule has 0 fully saturated rings. The zero-order valence-electron chi connectivity index (χ0n) is 11.1. The van der Waals surface area contributed by atoms with Crippen molar-refractivity contribution < 1.29 is 0 Å². The summed E-state index contributed by atoms with van der Waals surface area (Å²) in [5.74, 6) is 0. The molecule has 2 aromatic rings. The number of rotatable bonds is 5. The van der Waals surface area contributed by atoms with Gasteiger partial charge in [-0.3, -0.25) is 4.68 Å². The van der Waals surface area contributed by atoms with Gasteiger partial charge in [-0.25, -0.2) is 0 Å². The summed E-state index contributed by atoms with van der Waals surface area (Å²) in [6.45, 7) is 5.99. The predicted molar refractivity (Wildman–Crippen MR) is 78.2 cm³/mol. The molecule has 18 heavy (non-hydrogen) atoms. The summed E-state index contributed by atoms with van der Waals surface area (Å²) in [7, 11) is 0. The standard InChI is InChI=1S/C14H19N3S/c1-4-17-10-12(9-16-17)8-15-13-6-5-7-14(18-3)11(13)2/h5-7,9-10,15H,4,8H2,1-3H3. The molecule has 0 aliphatic carbocycles.